The van der Waals surface area contributed by atoms with Gasteiger partial charge in [-0.1, -0.05) is 28.1 Å². The van der Waals surface area contributed by atoms with Gasteiger partial charge in [0.25, 0.3) is 0 Å². The minimum absolute atomic E-state index is 0.287. The van der Waals surface area contributed by atoms with Gasteiger partial charge in [-0.3, -0.25) is 4.68 Å². The van der Waals surface area contributed by atoms with Gasteiger partial charge < -0.3 is 5.11 Å². The first kappa shape index (κ1) is 11.2. The summed E-state index contributed by atoms with van der Waals surface area (Å²) in [6, 6.07) is 8.07. The van der Waals surface area contributed by atoms with Crippen molar-refractivity contribution in [1.82, 2.24) is 9.78 Å². The van der Waals surface area contributed by atoms with Gasteiger partial charge in [-0.2, -0.15) is 5.10 Å². The number of hydrogen-bond acceptors (Lipinski definition) is 2. The van der Waals surface area contributed by atoms with Gasteiger partial charge in [0.1, 0.15) is 5.69 Å². The fourth-order valence-electron chi connectivity index (χ4n) is 1.65. The quantitative estimate of drug-likeness (QED) is 0.918. The van der Waals surface area contributed by atoms with Crippen molar-refractivity contribution in [2.75, 3.05) is 0 Å². The van der Waals surface area contributed by atoms with Gasteiger partial charge in [0, 0.05) is 4.47 Å². The van der Waals surface area contributed by atoms with Crippen LogP contribution in [0.4, 0.5) is 0 Å². The van der Waals surface area contributed by atoms with Crippen LogP contribution in [0.1, 0.15) is 17.0 Å². The number of rotatable bonds is 2. The lowest BCUT2D eigenvalue weighted by molar-refractivity contribution is 0.465. The van der Waals surface area contributed by atoms with Gasteiger partial charge in [0.15, 0.2) is 5.75 Å². The van der Waals surface area contributed by atoms with E-state index < -0.39 is 0 Å². The number of aromatic nitrogens is 2. The van der Waals surface area contributed by atoms with Crippen molar-refractivity contribution in [2.45, 2.75) is 20.4 Å². The smallest absolute Gasteiger partial charge is 0.159 e. The van der Waals surface area contributed by atoms with Gasteiger partial charge >= 0.3 is 0 Å². The maximum absolute atomic E-state index is 9.67. The van der Waals surface area contributed by atoms with Crippen LogP contribution in [0.25, 0.3) is 0 Å². The van der Waals surface area contributed by atoms with Gasteiger partial charge in [-0.25, -0.2) is 0 Å². The highest BCUT2D eigenvalue weighted by atomic mass is 79.9. The van der Waals surface area contributed by atoms with E-state index in [4.69, 9.17) is 0 Å². The minimum atomic E-state index is 0.287. The molecule has 0 aliphatic heterocycles. The molecular weight excluding hydrogens is 268 g/mol. The van der Waals surface area contributed by atoms with Gasteiger partial charge in [0.05, 0.1) is 12.2 Å². The van der Waals surface area contributed by atoms with Crippen molar-refractivity contribution in [1.29, 1.82) is 0 Å². The van der Waals surface area contributed by atoms with Crippen LogP contribution in [0.5, 0.6) is 5.75 Å². The topological polar surface area (TPSA) is 38.0 Å². The Bertz CT molecular complexity index is 520. The molecule has 0 unspecified atom stereocenters. The van der Waals surface area contributed by atoms with Crippen LogP contribution in [0.3, 0.4) is 0 Å². The first-order chi connectivity index (χ1) is 7.58. The molecule has 0 spiro atoms. The fourth-order valence-corrected chi connectivity index (χ4v) is 2.10. The van der Waals surface area contributed by atoms with Crippen molar-refractivity contribution >= 4 is 15.9 Å². The van der Waals surface area contributed by atoms with E-state index in [0.29, 0.717) is 12.2 Å². The van der Waals surface area contributed by atoms with Gasteiger partial charge in [-0.05, 0) is 31.5 Å². The Kier molecular flexibility index (Phi) is 3.01. The van der Waals surface area contributed by atoms with Crippen molar-refractivity contribution in [3.63, 3.8) is 0 Å². The third kappa shape index (κ3) is 2.11. The summed E-state index contributed by atoms with van der Waals surface area (Å²) < 4.78 is 2.86. The normalized spacial score (nSPS) is 10.7. The molecule has 1 heterocycles. The molecule has 0 saturated carbocycles. The Balaban J connectivity index is 2.30. The van der Waals surface area contributed by atoms with Crippen LogP contribution in [0, 0.1) is 13.8 Å². The Morgan fingerprint density at radius 2 is 2.12 bits per heavy atom. The Hall–Kier alpha value is -1.29. The van der Waals surface area contributed by atoms with E-state index in [9.17, 15) is 5.11 Å². The zero-order chi connectivity index (χ0) is 11.7. The van der Waals surface area contributed by atoms with Crippen LogP contribution in [-0.4, -0.2) is 14.9 Å². The monoisotopic (exact) mass is 280 g/mol. The van der Waals surface area contributed by atoms with Crippen molar-refractivity contribution in [3.8, 4) is 5.75 Å². The van der Waals surface area contributed by atoms with Crippen LogP contribution in [0.15, 0.2) is 28.7 Å². The van der Waals surface area contributed by atoms with E-state index in [0.717, 1.165) is 15.7 Å². The summed E-state index contributed by atoms with van der Waals surface area (Å²) in [5.41, 5.74) is 2.63. The standard InChI is InChI=1S/C12H13BrN2O/c1-8-12(16)9(2)15(14-8)7-10-4-3-5-11(13)6-10/h3-6,16H,7H2,1-2H3. The molecule has 0 aliphatic carbocycles. The van der Waals surface area contributed by atoms with Crippen LogP contribution in [0.2, 0.25) is 0 Å². The molecule has 0 saturated heterocycles. The van der Waals surface area contributed by atoms with Crippen LogP contribution >= 0.6 is 15.9 Å². The predicted molar refractivity (Wildman–Crippen MR) is 66.6 cm³/mol. The third-order valence-electron chi connectivity index (χ3n) is 2.56. The summed E-state index contributed by atoms with van der Waals surface area (Å²) in [7, 11) is 0. The highest BCUT2D eigenvalue weighted by Gasteiger charge is 2.09. The van der Waals surface area contributed by atoms with Gasteiger partial charge in [-0.15, -0.1) is 0 Å². The second kappa shape index (κ2) is 4.29. The molecule has 4 heteroatoms. The number of halogens is 1. The highest BCUT2D eigenvalue weighted by molar-refractivity contribution is 9.10. The SMILES string of the molecule is Cc1nn(Cc2cccc(Br)c2)c(C)c1O. The van der Waals surface area contributed by atoms with E-state index in [1.165, 1.54) is 0 Å². The van der Waals surface area contributed by atoms with E-state index in [2.05, 4.69) is 21.0 Å². The third-order valence-corrected chi connectivity index (χ3v) is 3.06. The molecule has 0 aliphatic rings. The fraction of sp³-hybridized carbons (Fsp3) is 0.250. The zero-order valence-corrected chi connectivity index (χ0v) is 10.8. The molecular formula is C12H13BrN2O. The minimum Gasteiger partial charge on any atom is -0.504 e. The largest absolute Gasteiger partial charge is 0.504 e. The molecule has 1 aromatic heterocycles. The summed E-state index contributed by atoms with van der Waals surface area (Å²) in [4.78, 5) is 0. The number of nitrogens with zero attached hydrogens (tertiary/aromatic N) is 2. The number of benzene rings is 1. The van der Waals surface area contributed by atoms with Gasteiger partial charge in [0.2, 0.25) is 0 Å². The molecule has 0 radical (unpaired) electrons. The number of hydrogen-bond donors (Lipinski definition) is 1. The molecule has 84 valence electrons. The first-order valence-electron chi connectivity index (χ1n) is 5.05. The molecule has 1 aromatic carbocycles. The highest BCUT2D eigenvalue weighted by Crippen LogP contribution is 2.21. The van der Waals surface area contributed by atoms with E-state index >= 15 is 0 Å². The molecule has 2 aromatic rings. The maximum atomic E-state index is 9.67. The maximum Gasteiger partial charge on any atom is 0.159 e. The van der Waals surface area contributed by atoms with Crippen molar-refractivity contribution in [3.05, 3.63) is 45.7 Å². The second-order valence-electron chi connectivity index (χ2n) is 3.81. The molecule has 0 amide bonds. The van der Waals surface area contributed by atoms with Crippen LogP contribution in [-0.2, 0) is 6.54 Å². The lowest BCUT2D eigenvalue weighted by atomic mass is 10.2. The molecule has 16 heavy (non-hydrogen) atoms. The lowest BCUT2D eigenvalue weighted by Gasteiger charge is -2.04. The summed E-state index contributed by atoms with van der Waals surface area (Å²) >= 11 is 3.43. The van der Waals surface area contributed by atoms with E-state index in [1.807, 2.05) is 35.9 Å². The summed E-state index contributed by atoms with van der Waals surface area (Å²) in [5, 5.41) is 14.0. The van der Waals surface area contributed by atoms with E-state index in [1.54, 1.807) is 6.92 Å². The molecule has 0 bridgehead atoms. The molecule has 3 nitrogen and oxygen atoms in total. The number of aryl methyl sites for hydroxylation is 1. The van der Waals surface area contributed by atoms with Crippen molar-refractivity contribution < 1.29 is 5.11 Å². The summed E-state index contributed by atoms with van der Waals surface area (Å²) in [5.74, 6) is 0.287. The molecule has 1 N–H and O–H groups in total. The molecule has 0 fully saturated rings. The van der Waals surface area contributed by atoms with E-state index in [-0.39, 0.29) is 5.75 Å². The summed E-state index contributed by atoms with van der Waals surface area (Å²) in [6.07, 6.45) is 0. The lowest BCUT2D eigenvalue weighted by Crippen LogP contribution is -2.03. The second-order valence-corrected chi connectivity index (χ2v) is 4.72. The number of aromatic hydroxyl groups is 1. The first-order valence-corrected chi connectivity index (χ1v) is 5.84. The molecule has 0 atom stereocenters. The van der Waals surface area contributed by atoms with Crippen molar-refractivity contribution in [2.24, 2.45) is 0 Å². The summed E-state index contributed by atoms with van der Waals surface area (Å²) in [6.45, 7) is 4.35. The Morgan fingerprint density at radius 3 is 2.69 bits per heavy atom. The van der Waals surface area contributed by atoms with Crippen LogP contribution < -0.4 is 0 Å². The average Bonchev–Trinajstić information content (AvgIpc) is 2.47. The predicted octanol–water partition coefficient (Wildman–Crippen LogP) is 3.02. The average molecular weight is 281 g/mol. The Labute approximate surface area is 103 Å². The molecule has 2 rings (SSSR count). The Morgan fingerprint density at radius 1 is 1.38 bits per heavy atom. The zero-order valence-electron chi connectivity index (χ0n) is 9.24.